The standard InChI is InChI=1S/C20H23N3O5S/c1-11(2)16(23-19(26)15-5-4-10-29-15)20(27)28-12(3)18(25)22-14-8-6-13(7-9-14)17(21)24/h4-12,16H,1-3H3,(H2,21,24)(H,22,25)(H,23,26)/t12-,16+/m1/s1. The monoisotopic (exact) mass is 417 g/mol. The molecule has 2 aromatic rings. The van der Waals surface area contributed by atoms with Crippen LogP contribution in [0.3, 0.4) is 0 Å². The van der Waals surface area contributed by atoms with Crippen molar-refractivity contribution in [3.8, 4) is 0 Å². The van der Waals surface area contributed by atoms with Gasteiger partial charge >= 0.3 is 5.97 Å². The van der Waals surface area contributed by atoms with Crippen molar-refractivity contribution in [1.82, 2.24) is 5.32 Å². The number of ether oxygens (including phenoxy) is 1. The van der Waals surface area contributed by atoms with E-state index in [1.54, 1.807) is 31.4 Å². The molecule has 0 bridgehead atoms. The number of amides is 3. The van der Waals surface area contributed by atoms with E-state index in [0.29, 0.717) is 16.1 Å². The highest BCUT2D eigenvalue weighted by atomic mass is 32.1. The lowest BCUT2D eigenvalue weighted by Gasteiger charge is -2.22. The second-order valence-corrected chi connectivity index (χ2v) is 7.63. The summed E-state index contributed by atoms with van der Waals surface area (Å²) < 4.78 is 5.25. The molecule has 0 aliphatic heterocycles. The largest absolute Gasteiger partial charge is 0.451 e. The number of nitrogens with one attached hydrogen (secondary N) is 2. The molecule has 0 spiro atoms. The molecule has 0 unspecified atom stereocenters. The summed E-state index contributed by atoms with van der Waals surface area (Å²) >= 11 is 1.26. The Kier molecular flexibility index (Phi) is 7.49. The number of nitrogens with two attached hydrogens (primary N) is 1. The van der Waals surface area contributed by atoms with Crippen molar-refractivity contribution in [3.63, 3.8) is 0 Å². The molecule has 29 heavy (non-hydrogen) atoms. The molecule has 0 saturated carbocycles. The van der Waals surface area contributed by atoms with Gasteiger partial charge in [-0.3, -0.25) is 14.4 Å². The van der Waals surface area contributed by atoms with Gasteiger partial charge in [0, 0.05) is 11.3 Å². The van der Waals surface area contributed by atoms with Crippen molar-refractivity contribution in [2.24, 2.45) is 11.7 Å². The number of rotatable bonds is 8. The SMILES string of the molecule is CC(C)[C@H](NC(=O)c1cccs1)C(=O)O[C@H](C)C(=O)Nc1ccc(C(N)=O)cc1. The number of esters is 1. The molecule has 154 valence electrons. The summed E-state index contributed by atoms with van der Waals surface area (Å²) in [5.74, 6) is -2.42. The number of thiophene rings is 1. The number of carbonyl (C=O) groups is 4. The minimum atomic E-state index is -1.08. The van der Waals surface area contributed by atoms with E-state index in [-0.39, 0.29) is 11.8 Å². The molecule has 0 aliphatic carbocycles. The van der Waals surface area contributed by atoms with Gasteiger partial charge in [0.15, 0.2) is 6.10 Å². The summed E-state index contributed by atoms with van der Waals surface area (Å²) in [5, 5.41) is 7.01. The van der Waals surface area contributed by atoms with Crippen LogP contribution in [-0.2, 0) is 14.3 Å². The Labute approximate surface area is 172 Å². The Morgan fingerprint density at radius 3 is 2.21 bits per heavy atom. The van der Waals surface area contributed by atoms with Gasteiger partial charge < -0.3 is 21.1 Å². The molecule has 0 radical (unpaired) electrons. The third-order valence-electron chi connectivity index (χ3n) is 4.05. The average molecular weight is 417 g/mol. The van der Waals surface area contributed by atoms with Crippen molar-refractivity contribution in [3.05, 3.63) is 52.2 Å². The molecule has 1 heterocycles. The smallest absolute Gasteiger partial charge is 0.329 e. The first-order valence-corrected chi connectivity index (χ1v) is 9.82. The maximum absolute atomic E-state index is 12.5. The van der Waals surface area contributed by atoms with Crippen LogP contribution in [0.4, 0.5) is 5.69 Å². The zero-order valence-corrected chi connectivity index (χ0v) is 17.1. The maximum atomic E-state index is 12.5. The zero-order valence-electron chi connectivity index (χ0n) is 16.3. The minimum Gasteiger partial charge on any atom is -0.451 e. The number of anilines is 1. The quantitative estimate of drug-likeness (QED) is 0.567. The summed E-state index contributed by atoms with van der Waals surface area (Å²) in [6.07, 6.45) is -1.08. The minimum absolute atomic E-state index is 0.233. The number of carbonyl (C=O) groups excluding carboxylic acids is 4. The van der Waals surface area contributed by atoms with Crippen molar-refractivity contribution >= 4 is 40.7 Å². The second kappa shape index (κ2) is 9.83. The molecule has 3 amide bonds. The average Bonchev–Trinajstić information content (AvgIpc) is 3.20. The first-order valence-electron chi connectivity index (χ1n) is 8.94. The van der Waals surface area contributed by atoms with Crippen molar-refractivity contribution in [2.45, 2.75) is 32.9 Å². The van der Waals surface area contributed by atoms with E-state index in [4.69, 9.17) is 10.5 Å². The highest BCUT2D eigenvalue weighted by molar-refractivity contribution is 7.12. The van der Waals surface area contributed by atoms with Crippen LogP contribution in [-0.4, -0.2) is 35.8 Å². The Balaban J connectivity index is 1.96. The van der Waals surface area contributed by atoms with Gasteiger partial charge in [-0.15, -0.1) is 11.3 Å². The van der Waals surface area contributed by atoms with E-state index in [1.807, 2.05) is 0 Å². The molecular formula is C20H23N3O5S. The third-order valence-corrected chi connectivity index (χ3v) is 4.92. The van der Waals surface area contributed by atoms with Gasteiger partial charge in [0.25, 0.3) is 11.8 Å². The van der Waals surface area contributed by atoms with E-state index in [9.17, 15) is 19.2 Å². The molecule has 1 aromatic carbocycles. The first-order chi connectivity index (χ1) is 13.7. The van der Waals surface area contributed by atoms with E-state index in [1.165, 1.54) is 42.5 Å². The van der Waals surface area contributed by atoms with Crippen LogP contribution in [0.1, 0.15) is 40.8 Å². The van der Waals surface area contributed by atoms with Gasteiger partial charge in [-0.05, 0) is 48.6 Å². The molecule has 0 aliphatic rings. The topological polar surface area (TPSA) is 128 Å². The Hall–Kier alpha value is -3.20. The number of hydrogen-bond donors (Lipinski definition) is 3. The number of benzene rings is 1. The fourth-order valence-electron chi connectivity index (χ4n) is 2.38. The van der Waals surface area contributed by atoms with Crippen LogP contribution >= 0.6 is 11.3 Å². The maximum Gasteiger partial charge on any atom is 0.329 e. The van der Waals surface area contributed by atoms with E-state index in [2.05, 4.69) is 10.6 Å². The van der Waals surface area contributed by atoms with E-state index in [0.717, 1.165) is 0 Å². The van der Waals surface area contributed by atoms with Gasteiger partial charge in [-0.2, -0.15) is 0 Å². The molecule has 8 nitrogen and oxygen atoms in total. The summed E-state index contributed by atoms with van der Waals surface area (Å²) in [4.78, 5) is 48.6. The molecular weight excluding hydrogens is 394 g/mol. The van der Waals surface area contributed by atoms with Crippen LogP contribution in [0.25, 0.3) is 0 Å². The van der Waals surface area contributed by atoms with Gasteiger partial charge in [0.1, 0.15) is 6.04 Å². The molecule has 2 atom stereocenters. The summed E-state index contributed by atoms with van der Waals surface area (Å²) in [7, 11) is 0. The zero-order chi connectivity index (χ0) is 21.6. The van der Waals surface area contributed by atoms with Crippen LogP contribution in [0.2, 0.25) is 0 Å². The lowest BCUT2D eigenvalue weighted by Crippen LogP contribution is -2.47. The number of primary amides is 1. The summed E-state index contributed by atoms with van der Waals surface area (Å²) in [6, 6.07) is 8.49. The van der Waals surface area contributed by atoms with Crippen LogP contribution in [0.15, 0.2) is 41.8 Å². The normalized spacial score (nSPS) is 12.7. The fraction of sp³-hybridized carbons (Fsp3) is 0.300. The van der Waals surface area contributed by atoms with Crippen molar-refractivity contribution < 1.29 is 23.9 Å². The Morgan fingerprint density at radius 2 is 1.69 bits per heavy atom. The lowest BCUT2D eigenvalue weighted by molar-refractivity contribution is -0.156. The molecule has 4 N–H and O–H groups in total. The van der Waals surface area contributed by atoms with Gasteiger partial charge in [0.2, 0.25) is 5.91 Å². The molecule has 9 heteroatoms. The predicted octanol–water partition coefficient (Wildman–Crippen LogP) is 2.17. The van der Waals surface area contributed by atoms with Gasteiger partial charge in [-0.25, -0.2) is 4.79 Å². The first kappa shape index (κ1) is 22.1. The summed E-state index contributed by atoms with van der Waals surface area (Å²) in [6.45, 7) is 4.97. The third kappa shape index (κ3) is 6.15. The molecule has 2 rings (SSSR count). The number of hydrogen-bond acceptors (Lipinski definition) is 6. The Morgan fingerprint density at radius 1 is 1.03 bits per heavy atom. The Bertz CT molecular complexity index is 878. The van der Waals surface area contributed by atoms with Crippen molar-refractivity contribution in [1.29, 1.82) is 0 Å². The van der Waals surface area contributed by atoms with Crippen LogP contribution in [0, 0.1) is 5.92 Å². The summed E-state index contributed by atoms with van der Waals surface area (Å²) in [5.41, 5.74) is 5.91. The van der Waals surface area contributed by atoms with Crippen molar-refractivity contribution in [2.75, 3.05) is 5.32 Å². The fourth-order valence-corrected chi connectivity index (χ4v) is 3.01. The van der Waals surface area contributed by atoms with E-state index < -0.39 is 29.9 Å². The second-order valence-electron chi connectivity index (χ2n) is 6.68. The highest BCUT2D eigenvalue weighted by Gasteiger charge is 2.29. The van der Waals surface area contributed by atoms with Gasteiger partial charge in [0.05, 0.1) is 4.88 Å². The molecule has 0 saturated heterocycles. The van der Waals surface area contributed by atoms with E-state index >= 15 is 0 Å². The predicted molar refractivity (Wildman–Crippen MR) is 110 cm³/mol. The van der Waals surface area contributed by atoms with Crippen LogP contribution < -0.4 is 16.4 Å². The highest BCUT2D eigenvalue weighted by Crippen LogP contribution is 2.13. The van der Waals surface area contributed by atoms with Crippen LogP contribution in [0.5, 0.6) is 0 Å². The molecule has 0 fully saturated rings. The molecule has 1 aromatic heterocycles. The lowest BCUT2D eigenvalue weighted by atomic mass is 10.0. The van der Waals surface area contributed by atoms with Gasteiger partial charge in [-0.1, -0.05) is 19.9 Å².